The predicted octanol–water partition coefficient (Wildman–Crippen LogP) is 4.71. The number of hydrogen-bond acceptors (Lipinski definition) is 1. The number of carbonyl (C=O) groups is 1. The molecule has 0 heterocycles. The van der Waals surface area contributed by atoms with Crippen LogP contribution in [0.1, 0.15) is 66.2 Å². The van der Waals surface area contributed by atoms with Crippen LogP contribution in [0.3, 0.4) is 0 Å². The maximum absolute atomic E-state index is 10.5. The number of carboxylic acids is 1. The van der Waals surface area contributed by atoms with E-state index in [-0.39, 0.29) is 6.42 Å². The van der Waals surface area contributed by atoms with Gasteiger partial charge in [-0.15, -0.1) is 0 Å². The van der Waals surface area contributed by atoms with E-state index in [1.165, 1.54) is 30.4 Å². The zero-order valence-corrected chi connectivity index (χ0v) is 12.2. The molecule has 2 nitrogen and oxygen atoms in total. The highest BCUT2D eigenvalue weighted by Crippen LogP contribution is 2.42. The average molecular weight is 250 g/mol. The van der Waals surface area contributed by atoms with Gasteiger partial charge in [0.2, 0.25) is 0 Å². The van der Waals surface area contributed by atoms with Gasteiger partial charge >= 0.3 is 5.97 Å². The van der Waals surface area contributed by atoms with E-state index in [9.17, 15) is 4.79 Å². The van der Waals surface area contributed by atoms with Crippen LogP contribution in [0, 0.1) is 5.41 Å². The molecule has 0 saturated carbocycles. The lowest BCUT2D eigenvalue weighted by Crippen LogP contribution is -2.20. The van der Waals surface area contributed by atoms with Gasteiger partial charge in [-0.25, -0.2) is 0 Å². The monoisotopic (exact) mass is 250 g/mol. The Labute approximate surface area is 111 Å². The summed E-state index contributed by atoms with van der Waals surface area (Å²) in [7, 11) is 0. The van der Waals surface area contributed by atoms with Crippen molar-refractivity contribution >= 4 is 5.97 Å². The molecule has 1 aliphatic carbocycles. The SMILES string of the molecule is CC1=C(C/C=C(\C)CCC(=O)O)C(C)(C)CCC1. The Morgan fingerprint density at radius 1 is 1.39 bits per heavy atom. The van der Waals surface area contributed by atoms with Gasteiger partial charge in [0, 0.05) is 6.42 Å². The van der Waals surface area contributed by atoms with Gasteiger partial charge in [-0.05, 0) is 51.4 Å². The smallest absolute Gasteiger partial charge is 0.303 e. The first-order valence-electron chi connectivity index (χ1n) is 6.89. The van der Waals surface area contributed by atoms with Gasteiger partial charge in [0.25, 0.3) is 0 Å². The summed E-state index contributed by atoms with van der Waals surface area (Å²) >= 11 is 0. The van der Waals surface area contributed by atoms with Crippen LogP contribution in [0.4, 0.5) is 0 Å². The van der Waals surface area contributed by atoms with Crippen LogP contribution < -0.4 is 0 Å². The minimum absolute atomic E-state index is 0.240. The number of hydrogen-bond donors (Lipinski definition) is 1. The van der Waals surface area contributed by atoms with E-state index in [2.05, 4.69) is 26.8 Å². The van der Waals surface area contributed by atoms with Crippen molar-refractivity contribution in [3.05, 3.63) is 22.8 Å². The molecular formula is C16H26O2. The minimum atomic E-state index is -0.712. The quantitative estimate of drug-likeness (QED) is 0.717. The van der Waals surface area contributed by atoms with E-state index >= 15 is 0 Å². The lowest BCUT2D eigenvalue weighted by Gasteiger charge is -2.34. The van der Waals surface area contributed by atoms with Gasteiger partial charge in [0.15, 0.2) is 0 Å². The van der Waals surface area contributed by atoms with Gasteiger partial charge in [0.05, 0.1) is 0 Å². The Morgan fingerprint density at radius 3 is 2.61 bits per heavy atom. The molecule has 0 aromatic rings. The number of aliphatic carboxylic acids is 1. The summed E-state index contributed by atoms with van der Waals surface area (Å²) in [6.45, 7) is 8.93. The Morgan fingerprint density at radius 2 is 2.06 bits per heavy atom. The highest BCUT2D eigenvalue weighted by Gasteiger charge is 2.27. The lowest BCUT2D eigenvalue weighted by atomic mass is 9.71. The zero-order chi connectivity index (χ0) is 13.8. The Bertz CT molecular complexity index is 373. The van der Waals surface area contributed by atoms with E-state index in [0.29, 0.717) is 11.8 Å². The molecule has 0 atom stereocenters. The summed E-state index contributed by atoms with van der Waals surface area (Å²) < 4.78 is 0. The Balaban J connectivity index is 2.65. The summed E-state index contributed by atoms with van der Waals surface area (Å²) in [5.41, 5.74) is 4.60. The van der Waals surface area contributed by atoms with Crippen LogP contribution in [0.15, 0.2) is 22.8 Å². The summed E-state index contributed by atoms with van der Waals surface area (Å²) in [5, 5.41) is 8.67. The highest BCUT2D eigenvalue weighted by atomic mass is 16.4. The second kappa shape index (κ2) is 6.21. The minimum Gasteiger partial charge on any atom is -0.481 e. The summed E-state index contributed by atoms with van der Waals surface area (Å²) in [4.78, 5) is 10.5. The average Bonchev–Trinajstić information content (AvgIpc) is 2.24. The lowest BCUT2D eigenvalue weighted by molar-refractivity contribution is -0.136. The fourth-order valence-corrected chi connectivity index (χ4v) is 2.81. The van der Waals surface area contributed by atoms with Crippen molar-refractivity contribution < 1.29 is 9.90 Å². The molecule has 0 aromatic heterocycles. The standard InChI is InChI=1S/C16H26O2/c1-12(8-10-15(17)18)7-9-14-13(2)6-5-11-16(14,3)4/h7H,5-6,8-11H2,1-4H3,(H,17,18)/b12-7+. The first-order chi connectivity index (χ1) is 8.33. The number of rotatable bonds is 5. The van der Waals surface area contributed by atoms with Crippen LogP contribution in [-0.2, 0) is 4.79 Å². The maximum atomic E-state index is 10.5. The molecule has 0 bridgehead atoms. The maximum Gasteiger partial charge on any atom is 0.303 e. The fourth-order valence-electron chi connectivity index (χ4n) is 2.81. The van der Waals surface area contributed by atoms with E-state index in [0.717, 1.165) is 6.42 Å². The van der Waals surface area contributed by atoms with Gasteiger partial charge < -0.3 is 5.11 Å². The molecule has 1 aliphatic rings. The van der Waals surface area contributed by atoms with Crippen LogP contribution in [-0.4, -0.2) is 11.1 Å². The number of allylic oxidation sites excluding steroid dienone is 4. The van der Waals surface area contributed by atoms with Crippen molar-refractivity contribution in [2.24, 2.45) is 5.41 Å². The second-order valence-electron chi connectivity index (χ2n) is 6.14. The van der Waals surface area contributed by atoms with Crippen molar-refractivity contribution in [1.29, 1.82) is 0 Å². The Kier molecular flexibility index (Phi) is 5.18. The number of carboxylic acid groups (broad SMARTS) is 1. The molecule has 2 heteroatoms. The largest absolute Gasteiger partial charge is 0.481 e. The summed E-state index contributed by atoms with van der Waals surface area (Å²) in [5.74, 6) is -0.712. The van der Waals surface area contributed by atoms with Crippen molar-refractivity contribution in [2.75, 3.05) is 0 Å². The van der Waals surface area contributed by atoms with Gasteiger partial charge in [-0.3, -0.25) is 4.79 Å². The molecule has 18 heavy (non-hydrogen) atoms. The molecule has 0 aromatic carbocycles. The third-order valence-corrected chi connectivity index (χ3v) is 4.07. The molecule has 0 unspecified atom stereocenters. The highest BCUT2D eigenvalue weighted by molar-refractivity contribution is 5.67. The fraction of sp³-hybridized carbons (Fsp3) is 0.688. The third kappa shape index (κ3) is 4.32. The summed E-state index contributed by atoms with van der Waals surface area (Å²) in [6, 6.07) is 0. The van der Waals surface area contributed by atoms with Gasteiger partial charge in [-0.2, -0.15) is 0 Å². The van der Waals surface area contributed by atoms with E-state index in [4.69, 9.17) is 5.11 Å². The Hall–Kier alpha value is -1.05. The molecule has 0 aliphatic heterocycles. The van der Waals surface area contributed by atoms with Crippen LogP contribution in [0.2, 0.25) is 0 Å². The first kappa shape index (κ1) is 15.0. The zero-order valence-electron chi connectivity index (χ0n) is 12.2. The normalized spacial score (nSPS) is 20.1. The van der Waals surface area contributed by atoms with Gasteiger partial charge in [-0.1, -0.05) is 36.6 Å². The molecule has 0 amide bonds. The van der Waals surface area contributed by atoms with Crippen molar-refractivity contribution in [2.45, 2.75) is 66.2 Å². The van der Waals surface area contributed by atoms with Gasteiger partial charge in [0.1, 0.15) is 0 Å². The van der Waals surface area contributed by atoms with Crippen LogP contribution in [0.5, 0.6) is 0 Å². The molecular weight excluding hydrogens is 224 g/mol. The molecule has 0 fully saturated rings. The molecule has 102 valence electrons. The van der Waals surface area contributed by atoms with Crippen molar-refractivity contribution in [3.63, 3.8) is 0 Å². The second-order valence-corrected chi connectivity index (χ2v) is 6.14. The van der Waals surface area contributed by atoms with Crippen LogP contribution in [0.25, 0.3) is 0 Å². The van der Waals surface area contributed by atoms with Crippen molar-refractivity contribution in [3.8, 4) is 0 Å². The topological polar surface area (TPSA) is 37.3 Å². The van der Waals surface area contributed by atoms with Crippen LogP contribution >= 0.6 is 0 Å². The molecule has 0 radical (unpaired) electrons. The van der Waals surface area contributed by atoms with E-state index in [1.807, 2.05) is 6.92 Å². The summed E-state index contributed by atoms with van der Waals surface area (Å²) in [6.07, 6.45) is 7.90. The molecule has 1 N–H and O–H groups in total. The molecule has 0 saturated heterocycles. The molecule has 1 rings (SSSR count). The van der Waals surface area contributed by atoms with E-state index in [1.54, 1.807) is 5.57 Å². The predicted molar refractivity (Wildman–Crippen MR) is 75.6 cm³/mol. The van der Waals surface area contributed by atoms with Crippen molar-refractivity contribution in [1.82, 2.24) is 0 Å². The molecule has 0 spiro atoms. The van der Waals surface area contributed by atoms with E-state index < -0.39 is 5.97 Å². The third-order valence-electron chi connectivity index (χ3n) is 4.07. The first-order valence-corrected chi connectivity index (χ1v) is 6.89.